The van der Waals surface area contributed by atoms with Crippen molar-refractivity contribution < 1.29 is 5.21 Å². The van der Waals surface area contributed by atoms with Crippen LogP contribution in [-0.4, -0.2) is 9.94 Å². The summed E-state index contributed by atoms with van der Waals surface area (Å²) >= 11 is 3.07. The topological polar surface area (TPSA) is 42.2 Å². The van der Waals surface area contributed by atoms with Gasteiger partial charge in [0.1, 0.15) is 0 Å². The van der Waals surface area contributed by atoms with Crippen LogP contribution in [0.4, 0.5) is 0 Å². The standard InChI is InChI=1S/C5H4BrNO2/c6-4-1-2-7(9)5(8)3-4/h1-3,9H. The minimum Gasteiger partial charge on any atom is -0.425 e. The molecule has 0 atom stereocenters. The summed E-state index contributed by atoms with van der Waals surface area (Å²) in [6.45, 7) is 0. The van der Waals surface area contributed by atoms with E-state index in [4.69, 9.17) is 5.21 Å². The summed E-state index contributed by atoms with van der Waals surface area (Å²) in [7, 11) is 0. The number of halogens is 1. The number of aromatic nitrogens is 1. The molecule has 48 valence electrons. The highest BCUT2D eigenvalue weighted by molar-refractivity contribution is 9.10. The molecule has 1 aromatic rings. The number of hydrogen-bond donors (Lipinski definition) is 1. The van der Waals surface area contributed by atoms with E-state index < -0.39 is 5.56 Å². The number of hydrogen-bond acceptors (Lipinski definition) is 2. The highest BCUT2D eigenvalue weighted by Gasteiger charge is 1.90. The fourth-order valence-corrected chi connectivity index (χ4v) is 0.762. The lowest BCUT2D eigenvalue weighted by Crippen LogP contribution is -2.14. The van der Waals surface area contributed by atoms with E-state index in [0.717, 1.165) is 0 Å². The first-order chi connectivity index (χ1) is 4.20. The molecule has 0 radical (unpaired) electrons. The van der Waals surface area contributed by atoms with Gasteiger partial charge in [-0.3, -0.25) is 4.79 Å². The van der Waals surface area contributed by atoms with E-state index in [1.807, 2.05) is 0 Å². The molecule has 0 aliphatic heterocycles. The predicted octanol–water partition coefficient (Wildman–Crippen LogP) is 0.848. The van der Waals surface area contributed by atoms with Crippen LogP contribution in [0.15, 0.2) is 27.6 Å². The normalized spacial score (nSPS) is 9.44. The molecule has 0 aromatic carbocycles. The molecule has 0 bridgehead atoms. The zero-order valence-corrected chi connectivity index (χ0v) is 6.00. The van der Waals surface area contributed by atoms with E-state index in [1.165, 1.54) is 12.3 Å². The van der Waals surface area contributed by atoms with Gasteiger partial charge in [0.05, 0.1) is 0 Å². The second-order valence-electron chi connectivity index (χ2n) is 1.53. The van der Waals surface area contributed by atoms with Crippen LogP contribution in [-0.2, 0) is 0 Å². The fourth-order valence-electron chi connectivity index (χ4n) is 0.447. The van der Waals surface area contributed by atoms with Crippen LogP contribution in [0.1, 0.15) is 0 Å². The quantitative estimate of drug-likeness (QED) is 0.616. The molecule has 0 aliphatic carbocycles. The molecule has 1 rings (SSSR count). The number of pyridine rings is 1. The van der Waals surface area contributed by atoms with Gasteiger partial charge in [-0.05, 0) is 6.07 Å². The summed E-state index contributed by atoms with van der Waals surface area (Å²) < 4.78 is 1.18. The Hall–Kier alpha value is -0.770. The largest absolute Gasteiger partial charge is 0.425 e. The molecule has 1 aromatic heterocycles. The molecule has 4 heteroatoms. The maximum absolute atomic E-state index is 10.5. The van der Waals surface area contributed by atoms with Crippen molar-refractivity contribution in [1.82, 2.24) is 4.73 Å². The molecule has 0 unspecified atom stereocenters. The lowest BCUT2D eigenvalue weighted by molar-refractivity contribution is 0.174. The second kappa shape index (κ2) is 2.23. The van der Waals surface area contributed by atoms with Gasteiger partial charge in [0, 0.05) is 16.7 Å². The Kier molecular flexibility index (Phi) is 1.57. The van der Waals surface area contributed by atoms with Crippen LogP contribution in [0.2, 0.25) is 0 Å². The maximum Gasteiger partial charge on any atom is 0.283 e. The van der Waals surface area contributed by atoms with Crippen molar-refractivity contribution in [3.05, 3.63) is 33.2 Å². The molecule has 1 N–H and O–H groups in total. The Morgan fingerprint density at radius 1 is 1.67 bits per heavy atom. The molecule has 9 heavy (non-hydrogen) atoms. The van der Waals surface area contributed by atoms with E-state index in [-0.39, 0.29) is 0 Å². The molecule has 0 saturated heterocycles. The Labute approximate surface area is 59.6 Å². The molecule has 0 saturated carbocycles. The molecule has 1 heterocycles. The van der Waals surface area contributed by atoms with E-state index >= 15 is 0 Å². The molecule has 0 spiro atoms. The summed E-state index contributed by atoms with van der Waals surface area (Å²) in [5.41, 5.74) is -0.440. The van der Waals surface area contributed by atoms with Crippen molar-refractivity contribution in [3.63, 3.8) is 0 Å². The van der Waals surface area contributed by atoms with Gasteiger partial charge in [0.2, 0.25) is 0 Å². The van der Waals surface area contributed by atoms with E-state index in [0.29, 0.717) is 9.20 Å². The Morgan fingerprint density at radius 2 is 2.33 bits per heavy atom. The molecular formula is C5H4BrNO2. The maximum atomic E-state index is 10.5. The van der Waals surface area contributed by atoms with Gasteiger partial charge in [0.15, 0.2) is 0 Å². The summed E-state index contributed by atoms with van der Waals surface area (Å²) in [4.78, 5) is 10.5. The van der Waals surface area contributed by atoms with E-state index in [2.05, 4.69) is 15.9 Å². The monoisotopic (exact) mass is 189 g/mol. The smallest absolute Gasteiger partial charge is 0.283 e. The first kappa shape index (κ1) is 6.35. The van der Waals surface area contributed by atoms with Crippen LogP contribution in [0, 0.1) is 0 Å². The van der Waals surface area contributed by atoms with Gasteiger partial charge in [-0.1, -0.05) is 15.9 Å². The van der Waals surface area contributed by atoms with Crippen molar-refractivity contribution in [2.75, 3.05) is 0 Å². The minimum absolute atomic E-state index is 0.440. The third kappa shape index (κ3) is 1.32. The first-order valence-electron chi connectivity index (χ1n) is 2.27. The Balaban J connectivity index is 3.34. The highest BCUT2D eigenvalue weighted by Crippen LogP contribution is 2.02. The fraction of sp³-hybridized carbons (Fsp3) is 0. The zero-order valence-electron chi connectivity index (χ0n) is 4.41. The molecule has 0 aliphatic rings. The predicted molar refractivity (Wildman–Crippen MR) is 35.6 cm³/mol. The summed E-state index contributed by atoms with van der Waals surface area (Å²) in [5.74, 6) is 0. The summed E-state index contributed by atoms with van der Waals surface area (Å²) in [6.07, 6.45) is 1.27. The van der Waals surface area contributed by atoms with Gasteiger partial charge < -0.3 is 5.21 Å². The van der Waals surface area contributed by atoms with Crippen LogP contribution in [0.25, 0.3) is 0 Å². The minimum atomic E-state index is -0.440. The van der Waals surface area contributed by atoms with Crippen molar-refractivity contribution in [1.29, 1.82) is 0 Å². The molecule has 0 amide bonds. The van der Waals surface area contributed by atoms with Crippen LogP contribution in [0.5, 0.6) is 0 Å². The summed E-state index contributed by atoms with van der Waals surface area (Å²) in [6, 6.07) is 2.85. The number of nitrogens with zero attached hydrogens (tertiary/aromatic N) is 1. The van der Waals surface area contributed by atoms with E-state index in [1.54, 1.807) is 6.07 Å². The first-order valence-corrected chi connectivity index (χ1v) is 3.07. The lowest BCUT2D eigenvalue weighted by Gasteiger charge is -1.91. The Bertz CT molecular complexity index is 268. The SMILES string of the molecule is O=c1cc(Br)ccn1O. The third-order valence-electron chi connectivity index (χ3n) is 0.862. The van der Waals surface area contributed by atoms with Gasteiger partial charge in [0.25, 0.3) is 5.56 Å². The Morgan fingerprint density at radius 3 is 2.78 bits per heavy atom. The van der Waals surface area contributed by atoms with Crippen LogP contribution in [0.3, 0.4) is 0 Å². The molecule has 0 fully saturated rings. The van der Waals surface area contributed by atoms with Crippen molar-refractivity contribution >= 4 is 15.9 Å². The van der Waals surface area contributed by atoms with Gasteiger partial charge in [-0.25, -0.2) is 0 Å². The van der Waals surface area contributed by atoms with Crippen molar-refractivity contribution in [3.8, 4) is 0 Å². The molecular weight excluding hydrogens is 186 g/mol. The molecule has 3 nitrogen and oxygen atoms in total. The average Bonchev–Trinajstić information content (AvgIpc) is 1.80. The van der Waals surface area contributed by atoms with Crippen LogP contribution < -0.4 is 5.56 Å². The second-order valence-corrected chi connectivity index (χ2v) is 2.44. The van der Waals surface area contributed by atoms with Crippen molar-refractivity contribution in [2.45, 2.75) is 0 Å². The average molecular weight is 190 g/mol. The van der Waals surface area contributed by atoms with Gasteiger partial charge in [-0.2, -0.15) is 4.73 Å². The number of rotatable bonds is 0. The lowest BCUT2D eigenvalue weighted by atomic mass is 10.5. The highest BCUT2D eigenvalue weighted by atomic mass is 79.9. The van der Waals surface area contributed by atoms with Crippen molar-refractivity contribution in [2.24, 2.45) is 0 Å². The van der Waals surface area contributed by atoms with Gasteiger partial charge in [-0.15, -0.1) is 0 Å². The third-order valence-corrected chi connectivity index (χ3v) is 1.36. The van der Waals surface area contributed by atoms with Gasteiger partial charge >= 0.3 is 0 Å². The zero-order chi connectivity index (χ0) is 6.85. The van der Waals surface area contributed by atoms with E-state index in [9.17, 15) is 4.79 Å². The summed E-state index contributed by atoms with van der Waals surface area (Å²) in [5, 5.41) is 8.63. The van der Waals surface area contributed by atoms with Crippen LogP contribution >= 0.6 is 15.9 Å².